The molecule has 2 aromatic rings. The van der Waals surface area contributed by atoms with Gasteiger partial charge in [0.1, 0.15) is 0 Å². The Bertz CT molecular complexity index is 743. The number of hydrogen-bond donors (Lipinski definition) is 1. The number of ether oxygens (including phenoxy) is 1. The Balaban J connectivity index is 1.90. The highest BCUT2D eigenvalue weighted by Crippen LogP contribution is 2.28. The molecule has 124 valence electrons. The molecule has 1 fully saturated rings. The lowest BCUT2D eigenvalue weighted by Gasteiger charge is -2.37. The highest BCUT2D eigenvalue weighted by atomic mass is 19.4. The van der Waals surface area contributed by atoms with E-state index < -0.39 is 30.8 Å². The van der Waals surface area contributed by atoms with Crippen LogP contribution < -0.4 is 5.73 Å². The third-order valence-corrected chi connectivity index (χ3v) is 3.69. The number of fused-ring (bicyclic) bond motifs is 1. The van der Waals surface area contributed by atoms with Crippen molar-refractivity contribution in [3.05, 3.63) is 30.1 Å². The van der Waals surface area contributed by atoms with Crippen LogP contribution in [0.15, 0.2) is 24.5 Å². The molecule has 0 spiro atoms. The van der Waals surface area contributed by atoms with Crippen molar-refractivity contribution in [1.82, 2.24) is 14.5 Å². The third-order valence-electron chi connectivity index (χ3n) is 3.69. The Morgan fingerprint density at radius 1 is 1.43 bits per heavy atom. The number of morpholine rings is 1. The van der Waals surface area contributed by atoms with E-state index in [9.17, 15) is 18.0 Å². The molecule has 6 nitrogen and oxygen atoms in total. The maximum Gasteiger partial charge on any atom is 0.416 e. The Kier molecular flexibility index (Phi) is 3.67. The number of anilines is 1. The van der Waals surface area contributed by atoms with Crippen LogP contribution in [0.25, 0.3) is 5.52 Å². The van der Waals surface area contributed by atoms with Gasteiger partial charge in [0.25, 0.3) is 5.91 Å². The number of halogens is 3. The van der Waals surface area contributed by atoms with Gasteiger partial charge in [-0.25, -0.2) is 4.52 Å². The molecule has 0 radical (unpaired) electrons. The van der Waals surface area contributed by atoms with Crippen molar-refractivity contribution in [2.24, 2.45) is 0 Å². The summed E-state index contributed by atoms with van der Waals surface area (Å²) in [6, 6.07) is 3.18. The van der Waals surface area contributed by atoms with Crippen LogP contribution in [-0.2, 0) is 4.74 Å². The number of hydrogen-bond acceptors (Lipinski definition) is 4. The standard InChI is InChI=1S/C14H15F3N4O2/c1-8-6-20(7-12(23-8)14(15,16)17)13(22)10-5-19-21-3-2-9(18)4-11(10)21/h2-5,8,12H,6-7,18H2,1H3. The van der Waals surface area contributed by atoms with Gasteiger partial charge in [-0.3, -0.25) is 4.79 Å². The first-order valence-electron chi connectivity index (χ1n) is 7.00. The van der Waals surface area contributed by atoms with Gasteiger partial charge in [-0.1, -0.05) is 0 Å². The van der Waals surface area contributed by atoms with Crippen molar-refractivity contribution in [3.63, 3.8) is 0 Å². The fourth-order valence-corrected chi connectivity index (χ4v) is 2.63. The molecular weight excluding hydrogens is 313 g/mol. The molecule has 1 aliphatic heterocycles. The number of amides is 1. The van der Waals surface area contributed by atoms with Crippen molar-refractivity contribution < 1.29 is 22.7 Å². The van der Waals surface area contributed by atoms with Crippen molar-refractivity contribution in [2.45, 2.75) is 25.3 Å². The first-order chi connectivity index (χ1) is 10.8. The molecule has 3 rings (SSSR count). The van der Waals surface area contributed by atoms with E-state index in [4.69, 9.17) is 10.5 Å². The summed E-state index contributed by atoms with van der Waals surface area (Å²) in [6.07, 6.45) is -4.28. The summed E-state index contributed by atoms with van der Waals surface area (Å²) in [4.78, 5) is 13.8. The molecule has 0 bridgehead atoms. The normalized spacial score (nSPS) is 22.5. The van der Waals surface area contributed by atoms with Crippen molar-refractivity contribution >= 4 is 17.1 Å². The van der Waals surface area contributed by atoms with Gasteiger partial charge in [-0.05, 0) is 19.1 Å². The second-order valence-electron chi connectivity index (χ2n) is 5.54. The Morgan fingerprint density at radius 3 is 2.87 bits per heavy atom. The minimum Gasteiger partial charge on any atom is -0.399 e. The molecule has 1 aliphatic rings. The summed E-state index contributed by atoms with van der Waals surface area (Å²) in [5.41, 5.74) is 6.81. The van der Waals surface area contributed by atoms with Crippen molar-refractivity contribution in [2.75, 3.05) is 18.8 Å². The molecule has 0 aliphatic carbocycles. The monoisotopic (exact) mass is 328 g/mol. The second-order valence-corrected chi connectivity index (χ2v) is 5.54. The number of aromatic nitrogens is 2. The van der Waals surface area contributed by atoms with Gasteiger partial charge in [0.15, 0.2) is 6.10 Å². The fourth-order valence-electron chi connectivity index (χ4n) is 2.63. The maximum atomic E-state index is 12.9. The third kappa shape index (κ3) is 2.96. The Morgan fingerprint density at radius 2 is 2.17 bits per heavy atom. The average molecular weight is 328 g/mol. The molecular formula is C14H15F3N4O2. The zero-order chi connectivity index (χ0) is 16.8. The summed E-state index contributed by atoms with van der Waals surface area (Å²) in [5.74, 6) is -0.519. The zero-order valence-corrected chi connectivity index (χ0v) is 12.2. The lowest BCUT2D eigenvalue weighted by atomic mass is 10.1. The van der Waals surface area contributed by atoms with E-state index in [1.54, 1.807) is 18.3 Å². The number of rotatable bonds is 1. The van der Waals surface area contributed by atoms with E-state index in [-0.39, 0.29) is 12.1 Å². The van der Waals surface area contributed by atoms with Gasteiger partial charge in [-0.15, -0.1) is 0 Å². The van der Waals surface area contributed by atoms with Crippen LogP contribution in [0.4, 0.5) is 18.9 Å². The van der Waals surface area contributed by atoms with Crippen molar-refractivity contribution in [3.8, 4) is 0 Å². The topological polar surface area (TPSA) is 72.9 Å². The first-order valence-corrected chi connectivity index (χ1v) is 7.00. The van der Waals surface area contributed by atoms with Crippen LogP contribution in [0.1, 0.15) is 17.3 Å². The van der Waals surface area contributed by atoms with E-state index in [2.05, 4.69) is 5.10 Å². The second kappa shape index (κ2) is 5.41. The number of nitrogens with zero attached hydrogens (tertiary/aromatic N) is 3. The summed E-state index contributed by atoms with van der Waals surface area (Å²) in [7, 11) is 0. The Hall–Kier alpha value is -2.29. The molecule has 23 heavy (non-hydrogen) atoms. The SMILES string of the molecule is CC1CN(C(=O)c2cnn3ccc(N)cc23)CC(C(F)(F)F)O1. The molecule has 2 aromatic heterocycles. The van der Waals surface area contributed by atoms with Gasteiger partial charge in [-0.2, -0.15) is 18.3 Å². The maximum absolute atomic E-state index is 12.9. The molecule has 1 amide bonds. The van der Waals surface area contributed by atoms with Gasteiger partial charge in [0.2, 0.25) is 0 Å². The van der Waals surface area contributed by atoms with Crippen LogP contribution >= 0.6 is 0 Å². The number of carbonyl (C=O) groups excluding carboxylic acids is 1. The highest BCUT2D eigenvalue weighted by molar-refractivity contribution is 6.01. The summed E-state index contributed by atoms with van der Waals surface area (Å²) >= 11 is 0. The number of alkyl halides is 3. The van der Waals surface area contributed by atoms with Gasteiger partial charge in [0.05, 0.1) is 29.9 Å². The minimum absolute atomic E-state index is 0.0884. The summed E-state index contributed by atoms with van der Waals surface area (Å²) in [5, 5.41) is 4.02. The van der Waals surface area contributed by atoms with E-state index in [0.29, 0.717) is 11.2 Å². The van der Waals surface area contributed by atoms with E-state index in [1.807, 2.05) is 0 Å². The first kappa shape index (κ1) is 15.6. The molecule has 3 heterocycles. The minimum atomic E-state index is -4.52. The summed E-state index contributed by atoms with van der Waals surface area (Å²) < 4.78 is 45.1. The molecule has 2 N–H and O–H groups in total. The predicted octanol–water partition coefficient (Wildman–Crippen LogP) is 1.71. The number of carbonyl (C=O) groups is 1. The molecule has 0 saturated carbocycles. The van der Waals surface area contributed by atoms with Gasteiger partial charge >= 0.3 is 6.18 Å². The average Bonchev–Trinajstić information content (AvgIpc) is 2.87. The summed E-state index contributed by atoms with van der Waals surface area (Å²) in [6.45, 7) is 1.06. The number of nitrogen functional groups attached to an aromatic ring is 1. The van der Waals surface area contributed by atoms with Crippen LogP contribution in [0.5, 0.6) is 0 Å². The lowest BCUT2D eigenvalue weighted by molar-refractivity contribution is -0.247. The molecule has 0 aromatic carbocycles. The molecule has 1 saturated heterocycles. The highest BCUT2D eigenvalue weighted by Gasteiger charge is 2.46. The van der Waals surface area contributed by atoms with Crippen molar-refractivity contribution in [1.29, 1.82) is 0 Å². The van der Waals surface area contributed by atoms with Crippen LogP contribution in [0.2, 0.25) is 0 Å². The van der Waals surface area contributed by atoms with Crippen LogP contribution in [0.3, 0.4) is 0 Å². The predicted molar refractivity (Wildman–Crippen MR) is 75.9 cm³/mol. The number of nitrogens with two attached hydrogens (primary N) is 1. The zero-order valence-electron chi connectivity index (χ0n) is 12.2. The van der Waals surface area contributed by atoms with E-state index in [1.165, 1.54) is 17.6 Å². The van der Waals surface area contributed by atoms with E-state index in [0.717, 1.165) is 4.90 Å². The molecule has 2 unspecified atom stereocenters. The lowest BCUT2D eigenvalue weighted by Crippen LogP contribution is -2.54. The quantitative estimate of drug-likeness (QED) is 0.865. The van der Waals surface area contributed by atoms with Gasteiger partial charge in [0, 0.05) is 18.4 Å². The number of pyridine rings is 1. The van der Waals surface area contributed by atoms with E-state index >= 15 is 0 Å². The van der Waals surface area contributed by atoms with Crippen LogP contribution in [0, 0.1) is 0 Å². The molecule has 2 atom stereocenters. The molecule has 9 heteroatoms. The van der Waals surface area contributed by atoms with Gasteiger partial charge < -0.3 is 15.4 Å². The van der Waals surface area contributed by atoms with Crippen LogP contribution in [-0.4, -0.2) is 51.9 Å². The smallest absolute Gasteiger partial charge is 0.399 e. The largest absolute Gasteiger partial charge is 0.416 e. The Labute approximate surface area is 129 Å². The fraction of sp³-hybridized carbons (Fsp3) is 0.429.